The molecule has 0 saturated carbocycles. The van der Waals surface area contributed by atoms with Gasteiger partial charge in [0.2, 0.25) is 0 Å². The summed E-state index contributed by atoms with van der Waals surface area (Å²) in [6.45, 7) is 6.44. The molecular formula is C11H15NOS. The van der Waals surface area contributed by atoms with E-state index in [0.717, 1.165) is 11.3 Å². The van der Waals surface area contributed by atoms with Crippen LogP contribution in [0.4, 0.5) is 0 Å². The van der Waals surface area contributed by atoms with Crippen molar-refractivity contribution in [2.24, 2.45) is 5.73 Å². The van der Waals surface area contributed by atoms with Gasteiger partial charge in [0.1, 0.15) is 17.3 Å². The Morgan fingerprint density at radius 3 is 2.57 bits per heavy atom. The smallest absolute Gasteiger partial charge is 0.138 e. The highest BCUT2D eigenvalue weighted by atomic mass is 32.1. The van der Waals surface area contributed by atoms with Crippen LogP contribution in [-0.4, -0.2) is 11.6 Å². The minimum atomic E-state index is 0.305. The molecule has 0 radical (unpaired) electrons. The van der Waals surface area contributed by atoms with Crippen molar-refractivity contribution in [1.29, 1.82) is 0 Å². The van der Waals surface area contributed by atoms with Crippen LogP contribution in [-0.2, 0) is 0 Å². The molecule has 0 atom stereocenters. The maximum atomic E-state index is 5.49. The van der Waals surface area contributed by atoms with Gasteiger partial charge in [0.25, 0.3) is 0 Å². The Morgan fingerprint density at radius 2 is 2.00 bits per heavy atom. The van der Waals surface area contributed by atoms with Crippen molar-refractivity contribution in [2.45, 2.75) is 20.8 Å². The molecule has 0 aliphatic heterocycles. The molecule has 2 nitrogen and oxygen atoms in total. The van der Waals surface area contributed by atoms with Gasteiger partial charge in [0.15, 0.2) is 0 Å². The van der Waals surface area contributed by atoms with Crippen molar-refractivity contribution in [2.75, 3.05) is 6.61 Å². The first-order valence-electron chi connectivity index (χ1n) is 4.49. The summed E-state index contributed by atoms with van der Waals surface area (Å²) in [4.78, 5) is 0.378. The van der Waals surface area contributed by atoms with Gasteiger partial charge in [-0.1, -0.05) is 18.3 Å². The quantitative estimate of drug-likeness (QED) is 0.776. The van der Waals surface area contributed by atoms with E-state index in [1.165, 1.54) is 11.1 Å². The average molecular weight is 209 g/mol. The number of aryl methyl sites for hydroxylation is 2. The third-order valence-electron chi connectivity index (χ3n) is 2.13. The Kier molecular flexibility index (Phi) is 3.47. The van der Waals surface area contributed by atoms with Crippen molar-refractivity contribution >= 4 is 17.2 Å². The number of hydrogen-bond donors (Lipinski definition) is 1. The van der Waals surface area contributed by atoms with Gasteiger partial charge in [-0.15, -0.1) is 0 Å². The fraction of sp³-hybridized carbons (Fsp3) is 0.364. The second kappa shape index (κ2) is 4.42. The van der Waals surface area contributed by atoms with Crippen molar-refractivity contribution in [3.05, 3.63) is 28.8 Å². The van der Waals surface area contributed by atoms with Gasteiger partial charge in [-0.2, -0.15) is 0 Å². The SMILES string of the molecule is Cc1cc(C)c(C)c(OCC(N)=S)c1. The molecular weight excluding hydrogens is 194 g/mol. The molecule has 1 rings (SSSR count). The first kappa shape index (κ1) is 11.0. The Hall–Kier alpha value is -1.09. The zero-order chi connectivity index (χ0) is 10.7. The number of hydrogen-bond acceptors (Lipinski definition) is 2. The predicted molar refractivity (Wildman–Crippen MR) is 62.9 cm³/mol. The minimum Gasteiger partial charge on any atom is -0.486 e. The Labute approximate surface area is 90.1 Å². The lowest BCUT2D eigenvalue weighted by Gasteiger charge is -2.11. The van der Waals surface area contributed by atoms with Gasteiger partial charge in [-0.3, -0.25) is 0 Å². The third-order valence-corrected chi connectivity index (χ3v) is 2.25. The molecule has 0 aromatic heterocycles. The number of ether oxygens (including phenoxy) is 1. The van der Waals surface area contributed by atoms with Crippen LogP contribution < -0.4 is 10.5 Å². The molecule has 0 spiro atoms. The second-order valence-corrected chi connectivity index (χ2v) is 3.98. The van der Waals surface area contributed by atoms with E-state index >= 15 is 0 Å². The van der Waals surface area contributed by atoms with Crippen LogP contribution >= 0.6 is 12.2 Å². The van der Waals surface area contributed by atoms with Crippen LogP contribution in [0.5, 0.6) is 5.75 Å². The number of rotatable bonds is 3. The summed E-state index contributed by atoms with van der Waals surface area (Å²) in [5.74, 6) is 0.871. The molecule has 0 heterocycles. The Morgan fingerprint density at radius 1 is 1.36 bits per heavy atom. The maximum absolute atomic E-state index is 5.49. The molecule has 14 heavy (non-hydrogen) atoms. The zero-order valence-electron chi connectivity index (χ0n) is 8.76. The van der Waals surface area contributed by atoms with Crippen molar-refractivity contribution < 1.29 is 4.74 Å². The van der Waals surface area contributed by atoms with E-state index in [-0.39, 0.29) is 0 Å². The van der Waals surface area contributed by atoms with Gasteiger partial charge in [-0.05, 0) is 43.5 Å². The summed E-state index contributed by atoms with van der Waals surface area (Å²) >= 11 is 4.76. The summed E-state index contributed by atoms with van der Waals surface area (Å²) in [5.41, 5.74) is 8.93. The van der Waals surface area contributed by atoms with Crippen LogP contribution in [0.2, 0.25) is 0 Å². The molecule has 0 aliphatic rings. The standard InChI is InChI=1S/C11H15NOS/c1-7-4-8(2)9(3)10(5-7)13-6-11(12)14/h4-5H,6H2,1-3H3,(H2,12,14). The molecule has 3 heteroatoms. The first-order chi connectivity index (χ1) is 6.50. The fourth-order valence-corrected chi connectivity index (χ4v) is 1.36. The average Bonchev–Trinajstić information content (AvgIpc) is 2.08. The molecule has 0 fully saturated rings. The van der Waals surface area contributed by atoms with Gasteiger partial charge < -0.3 is 10.5 Å². The summed E-state index contributed by atoms with van der Waals surface area (Å²) in [6.07, 6.45) is 0. The number of nitrogens with two attached hydrogens (primary N) is 1. The van der Waals surface area contributed by atoms with Crippen LogP contribution in [0.15, 0.2) is 12.1 Å². The third kappa shape index (κ3) is 2.70. The number of thiocarbonyl (C=S) groups is 1. The Balaban J connectivity index is 2.90. The Bertz CT molecular complexity index is 361. The van der Waals surface area contributed by atoms with E-state index in [0.29, 0.717) is 11.6 Å². The predicted octanol–water partition coefficient (Wildman–Crippen LogP) is 2.28. The lowest BCUT2D eigenvalue weighted by molar-refractivity contribution is 0.374. The molecule has 76 valence electrons. The summed E-state index contributed by atoms with van der Waals surface area (Å²) in [7, 11) is 0. The van der Waals surface area contributed by atoms with Crippen molar-refractivity contribution in [1.82, 2.24) is 0 Å². The molecule has 1 aromatic carbocycles. The largest absolute Gasteiger partial charge is 0.486 e. The van der Waals surface area contributed by atoms with E-state index in [1.54, 1.807) is 0 Å². The molecule has 0 bridgehead atoms. The topological polar surface area (TPSA) is 35.2 Å². The lowest BCUT2D eigenvalue weighted by atomic mass is 10.1. The van der Waals surface area contributed by atoms with Crippen LogP contribution in [0, 0.1) is 20.8 Å². The first-order valence-corrected chi connectivity index (χ1v) is 4.90. The van der Waals surface area contributed by atoms with Gasteiger partial charge in [-0.25, -0.2) is 0 Å². The minimum absolute atomic E-state index is 0.305. The molecule has 0 aliphatic carbocycles. The van der Waals surface area contributed by atoms with E-state index in [2.05, 4.69) is 13.0 Å². The van der Waals surface area contributed by atoms with Crippen LogP contribution in [0.3, 0.4) is 0 Å². The van der Waals surface area contributed by atoms with E-state index in [9.17, 15) is 0 Å². The van der Waals surface area contributed by atoms with Crippen molar-refractivity contribution in [3.63, 3.8) is 0 Å². The summed E-state index contributed by atoms with van der Waals surface area (Å²) < 4.78 is 5.49. The summed E-state index contributed by atoms with van der Waals surface area (Å²) in [5, 5.41) is 0. The molecule has 0 unspecified atom stereocenters. The molecule has 0 amide bonds. The highest BCUT2D eigenvalue weighted by Gasteiger charge is 2.03. The van der Waals surface area contributed by atoms with Gasteiger partial charge in [0, 0.05) is 0 Å². The van der Waals surface area contributed by atoms with E-state index in [4.69, 9.17) is 22.7 Å². The number of benzene rings is 1. The van der Waals surface area contributed by atoms with E-state index < -0.39 is 0 Å². The summed E-state index contributed by atoms with van der Waals surface area (Å²) in [6, 6.07) is 4.13. The van der Waals surface area contributed by atoms with E-state index in [1.807, 2.05) is 19.9 Å². The molecule has 2 N–H and O–H groups in total. The highest BCUT2D eigenvalue weighted by Crippen LogP contribution is 2.22. The molecule has 0 saturated heterocycles. The highest BCUT2D eigenvalue weighted by molar-refractivity contribution is 7.80. The lowest BCUT2D eigenvalue weighted by Crippen LogP contribution is -2.18. The van der Waals surface area contributed by atoms with Crippen LogP contribution in [0.25, 0.3) is 0 Å². The fourth-order valence-electron chi connectivity index (χ4n) is 1.30. The zero-order valence-corrected chi connectivity index (χ0v) is 9.57. The van der Waals surface area contributed by atoms with Crippen LogP contribution in [0.1, 0.15) is 16.7 Å². The maximum Gasteiger partial charge on any atom is 0.138 e. The van der Waals surface area contributed by atoms with Gasteiger partial charge in [0.05, 0.1) is 0 Å². The molecule has 1 aromatic rings. The van der Waals surface area contributed by atoms with Gasteiger partial charge >= 0.3 is 0 Å². The normalized spacial score (nSPS) is 9.93. The van der Waals surface area contributed by atoms with Crippen molar-refractivity contribution in [3.8, 4) is 5.75 Å². The second-order valence-electron chi connectivity index (χ2n) is 3.46. The monoisotopic (exact) mass is 209 g/mol.